The van der Waals surface area contributed by atoms with Crippen molar-refractivity contribution in [3.8, 4) is 0 Å². The summed E-state index contributed by atoms with van der Waals surface area (Å²) >= 11 is 5.93. The summed E-state index contributed by atoms with van der Waals surface area (Å²) < 4.78 is 0. The number of piperazine rings is 1. The molecule has 2 aromatic carbocycles. The second-order valence-corrected chi connectivity index (χ2v) is 6.79. The van der Waals surface area contributed by atoms with E-state index in [4.69, 9.17) is 11.6 Å². The van der Waals surface area contributed by atoms with Gasteiger partial charge in [0.05, 0.1) is 0 Å². The molecule has 1 aliphatic carbocycles. The van der Waals surface area contributed by atoms with E-state index in [0.717, 1.165) is 5.69 Å². The number of carbonyl (C=O) groups excluding carboxylic acids is 2. The molecule has 0 radical (unpaired) electrons. The van der Waals surface area contributed by atoms with Crippen LogP contribution in [0.4, 0.5) is 5.69 Å². The number of hydrogen-bond acceptors (Lipinski definition) is 5. The van der Waals surface area contributed by atoms with Gasteiger partial charge in [0.25, 0.3) is 5.78 Å². The maximum Gasteiger partial charge on any atom is 0.253 e. The number of carbonyl (C=O) groups is 2. The number of nitrogens with zero attached hydrogens (tertiary/aromatic N) is 2. The Morgan fingerprint density at radius 3 is 2.00 bits per heavy atom. The third-order valence-electron chi connectivity index (χ3n) is 4.86. The van der Waals surface area contributed by atoms with Crippen molar-refractivity contribution in [3.05, 3.63) is 70.4 Å². The first-order chi connectivity index (χ1) is 12.6. The molecule has 0 saturated carbocycles. The van der Waals surface area contributed by atoms with Gasteiger partial charge in [0.15, 0.2) is 5.76 Å². The highest BCUT2D eigenvalue weighted by atomic mass is 35.5. The SMILES string of the molecule is O=C1C(=O)c2ccccc2C(O)=C1N1CCN(c2ccc(Cl)cc2)CC1. The van der Waals surface area contributed by atoms with Gasteiger partial charge in [-0.05, 0) is 24.3 Å². The van der Waals surface area contributed by atoms with Gasteiger partial charge in [0.1, 0.15) is 5.70 Å². The van der Waals surface area contributed by atoms with Crippen molar-refractivity contribution in [2.75, 3.05) is 31.1 Å². The number of hydrogen-bond donors (Lipinski definition) is 1. The lowest BCUT2D eigenvalue weighted by Gasteiger charge is -2.38. The summed E-state index contributed by atoms with van der Waals surface area (Å²) in [4.78, 5) is 28.9. The Labute approximate surface area is 156 Å². The smallest absolute Gasteiger partial charge is 0.253 e. The van der Waals surface area contributed by atoms with Crippen molar-refractivity contribution in [2.45, 2.75) is 0 Å². The highest BCUT2D eigenvalue weighted by Crippen LogP contribution is 2.30. The first-order valence-electron chi connectivity index (χ1n) is 8.43. The van der Waals surface area contributed by atoms with E-state index in [0.29, 0.717) is 36.8 Å². The van der Waals surface area contributed by atoms with Crippen molar-refractivity contribution in [1.29, 1.82) is 0 Å². The zero-order valence-corrected chi connectivity index (χ0v) is 14.7. The van der Waals surface area contributed by atoms with Gasteiger partial charge in [0.2, 0.25) is 5.78 Å². The molecule has 132 valence electrons. The van der Waals surface area contributed by atoms with Crippen molar-refractivity contribution >= 4 is 34.6 Å². The maximum absolute atomic E-state index is 12.5. The van der Waals surface area contributed by atoms with Gasteiger partial charge in [-0.25, -0.2) is 0 Å². The molecule has 0 atom stereocenters. The fourth-order valence-electron chi connectivity index (χ4n) is 3.49. The topological polar surface area (TPSA) is 60.9 Å². The van der Waals surface area contributed by atoms with Gasteiger partial charge in [-0.1, -0.05) is 35.9 Å². The molecule has 1 N–H and O–H groups in total. The van der Waals surface area contributed by atoms with Gasteiger partial charge < -0.3 is 14.9 Å². The van der Waals surface area contributed by atoms with Crippen LogP contribution in [-0.2, 0) is 4.79 Å². The minimum atomic E-state index is -0.638. The molecule has 1 saturated heterocycles. The number of anilines is 1. The molecular weight excluding hydrogens is 352 g/mol. The maximum atomic E-state index is 12.5. The largest absolute Gasteiger partial charge is 0.505 e. The summed E-state index contributed by atoms with van der Waals surface area (Å²) in [5, 5.41) is 11.3. The summed E-state index contributed by atoms with van der Waals surface area (Å²) in [6.07, 6.45) is 0. The lowest BCUT2D eigenvalue weighted by atomic mass is 9.91. The number of benzene rings is 2. The number of fused-ring (bicyclic) bond motifs is 1. The minimum absolute atomic E-state index is 0.106. The fraction of sp³-hybridized carbons (Fsp3) is 0.200. The first-order valence-corrected chi connectivity index (χ1v) is 8.81. The summed E-state index contributed by atoms with van der Waals surface area (Å²) in [6.45, 7) is 2.45. The summed E-state index contributed by atoms with van der Waals surface area (Å²) in [5.41, 5.74) is 1.86. The van der Waals surface area contributed by atoms with Crippen molar-refractivity contribution in [1.82, 2.24) is 4.90 Å². The Hall–Kier alpha value is -2.79. The Kier molecular flexibility index (Phi) is 4.17. The molecule has 2 aromatic rings. The van der Waals surface area contributed by atoms with Gasteiger partial charge in [0, 0.05) is 48.0 Å². The fourth-order valence-corrected chi connectivity index (χ4v) is 3.61. The lowest BCUT2D eigenvalue weighted by molar-refractivity contribution is -0.113. The van der Waals surface area contributed by atoms with E-state index in [9.17, 15) is 14.7 Å². The van der Waals surface area contributed by atoms with Crippen molar-refractivity contribution in [2.24, 2.45) is 0 Å². The molecule has 1 fully saturated rings. The molecular formula is C20H17ClN2O3. The molecule has 6 heteroatoms. The zero-order valence-electron chi connectivity index (χ0n) is 14.0. The molecule has 0 unspecified atom stereocenters. The summed E-state index contributed by atoms with van der Waals surface area (Å²) in [5.74, 6) is -1.31. The Morgan fingerprint density at radius 2 is 1.35 bits per heavy atom. The molecule has 4 rings (SSSR count). The predicted octanol–water partition coefficient (Wildman–Crippen LogP) is 3.15. The standard InChI is InChI=1S/C20H17ClN2O3/c21-13-5-7-14(8-6-13)22-9-11-23(12-10-22)17-18(24)15-3-1-2-4-16(15)19(25)20(17)26/h1-8,24H,9-12H2. The monoisotopic (exact) mass is 368 g/mol. The Bertz CT molecular complexity index is 913. The molecule has 0 amide bonds. The Morgan fingerprint density at radius 1 is 0.769 bits per heavy atom. The number of allylic oxidation sites excluding steroid dienone is 1. The highest BCUT2D eigenvalue weighted by Gasteiger charge is 2.36. The second-order valence-electron chi connectivity index (χ2n) is 6.35. The van der Waals surface area contributed by atoms with Gasteiger partial charge in [-0.3, -0.25) is 9.59 Å². The molecule has 26 heavy (non-hydrogen) atoms. The van der Waals surface area contributed by atoms with E-state index in [-0.39, 0.29) is 17.0 Å². The summed E-state index contributed by atoms with van der Waals surface area (Å²) in [7, 11) is 0. The van der Waals surface area contributed by atoms with Crippen LogP contribution < -0.4 is 4.90 Å². The van der Waals surface area contributed by atoms with Crippen LogP contribution in [0.1, 0.15) is 15.9 Å². The second kappa shape index (κ2) is 6.50. The average Bonchev–Trinajstić information content (AvgIpc) is 2.68. The van der Waals surface area contributed by atoms with Crippen LogP contribution in [0.25, 0.3) is 5.76 Å². The molecule has 1 heterocycles. The van der Waals surface area contributed by atoms with Crippen LogP contribution in [-0.4, -0.2) is 47.8 Å². The van der Waals surface area contributed by atoms with Crippen molar-refractivity contribution in [3.63, 3.8) is 0 Å². The predicted molar refractivity (Wildman–Crippen MR) is 101 cm³/mol. The number of ketones is 2. The van der Waals surface area contributed by atoms with Crippen LogP contribution in [0.3, 0.4) is 0 Å². The van der Waals surface area contributed by atoms with Crippen LogP contribution in [0, 0.1) is 0 Å². The number of aliphatic hydroxyl groups excluding tert-OH is 1. The van der Waals surface area contributed by atoms with E-state index in [1.54, 1.807) is 29.2 Å². The van der Waals surface area contributed by atoms with Gasteiger partial charge in [-0.15, -0.1) is 0 Å². The molecule has 0 aromatic heterocycles. The van der Waals surface area contributed by atoms with Crippen LogP contribution >= 0.6 is 11.6 Å². The summed E-state index contributed by atoms with van der Waals surface area (Å²) in [6, 6.07) is 14.3. The van der Waals surface area contributed by atoms with Crippen LogP contribution in [0.5, 0.6) is 0 Å². The average molecular weight is 369 g/mol. The highest BCUT2D eigenvalue weighted by molar-refractivity contribution is 6.52. The van der Waals surface area contributed by atoms with E-state index in [1.165, 1.54) is 0 Å². The number of rotatable bonds is 2. The first kappa shape index (κ1) is 16.7. The van der Waals surface area contributed by atoms with E-state index >= 15 is 0 Å². The van der Waals surface area contributed by atoms with Gasteiger partial charge in [-0.2, -0.15) is 0 Å². The zero-order chi connectivity index (χ0) is 18.3. The molecule has 0 spiro atoms. The van der Waals surface area contributed by atoms with Crippen molar-refractivity contribution < 1.29 is 14.7 Å². The van der Waals surface area contributed by atoms with Crippen LogP contribution in [0.2, 0.25) is 5.02 Å². The quantitative estimate of drug-likeness (QED) is 0.825. The normalized spacial score (nSPS) is 17.6. The molecule has 1 aliphatic heterocycles. The number of halogens is 1. The lowest BCUT2D eigenvalue weighted by Crippen LogP contribution is -2.48. The van der Waals surface area contributed by atoms with E-state index in [1.807, 2.05) is 24.3 Å². The van der Waals surface area contributed by atoms with Crippen LogP contribution in [0.15, 0.2) is 54.2 Å². The molecule has 2 aliphatic rings. The number of aliphatic hydroxyl groups is 1. The number of Topliss-reactive ketones (excluding diaryl/α,β-unsaturated/α-hetero) is 2. The third kappa shape index (κ3) is 2.74. The minimum Gasteiger partial charge on any atom is -0.505 e. The third-order valence-corrected chi connectivity index (χ3v) is 5.11. The van der Waals surface area contributed by atoms with Gasteiger partial charge >= 0.3 is 0 Å². The van der Waals surface area contributed by atoms with E-state index < -0.39 is 11.6 Å². The Balaban J connectivity index is 1.58. The molecule has 0 bridgehead atoms. The van der Waals surface area contributed by atoms with E-state index in [2.05, 4.69) is 4.90 Å². The molecule has 5 nitrogen and oxygen atoms in total.